The third-order valence-electron chi connectivity index (χ3n) is 20.4. The fourth-order valence-corrected chi connectivity index (χ4v) is 13.2. The van der Waals surface area contributed by atoms with E-state index in [9.17, 15) is 63.9 Å². The molecule has 0 spiro atoms. The van der Waals surface area contributed by atoms with E-state index in [1.165, 1.54) is 60.3 Å². The molecule has 0 aliphatic heterocycles. The van der Waals surface area contributed by atoms with Gasteiger partial charge < -0.3 is 132 Å². The second-order valence-corrected chi connectivity index (χ2v) is 31.2. The molecule has 0 fully saturated rings. The van der Waals surface area contributed by atoms with Crippen LogP contribution >= 0.6 is 0 Å². The number of methoxy groups -OCH3 is 3. The highest BCUT2D eigenvalue weighted by molar-refractivity contribution is 5.77. The molecule has 16 N–H and O–H groups in total. The van der Waals surface area contributed by atoms with Gasteiger partial charge in [-0.05, 0) is 239 Å². The predicted molar refractivity (Wildman–Crippen MR) is 494 cm³/mol. The highest BCUT2D eigenvalue weighted by atomic mass is 16.6. The van der Waals surface area contributed by atoms with Crippen molar-refractivity contribution in [3.05, 3.63) is 119 Å². The van der Waals surface area contributed by atoms with E-state index < -0.39 is 139 Å². The van der Waals surface area contributed by atoms with E-state index >= 15 is 0 Å². The Labute approximate surface area is 774 Å². The minimum Gasteiger partial charge on any atom is -0.493 e. The van der Waals surface area contributed by atoms with Crippen LogP contribution in [0.25, 0.3) is 0 Å². The number of ether oxygens (including phenoxy) is 13. The summed E-state index contributed by atoms with van der Waals surface area (Å²) in [5.74, 6) is -2.96. The monoisotopic (exact) mass is 1870 g/mol. The fraction of sp³-hybridized carbons (Fsp3) is 0.656. The Balaban J connectivity index is 1.47. The fourth-order valence-electron chi connectivity index (χ4n) is 13.2. The van der Waals surface area contributed by atoms with E-state index in [-0.39, 0.29) is 134 Å². The molecule has 4 rings (SSSR count). The van der Waals surface area contributed by atoms with Crippen molar-refractivity contribution in [3.8, 4) is 34.5 Å². The summed E-state index contributed by atoms with van der Waals surface area (Å²) in [7, 11) is 3.97. The molecule has 42 heteroatoms. The van der Waals surface area contributed by atoms with Crippen molar-refractivity contribution in [1.82, 2.24) is 53.2 Å². The first kappa shape index (κ1) is 114. The van der Waals surface area contributed by atoms with Crippen LogP contribution in [-0.2, 0) is 68.5 Å². The summed E-state index contributed by atoms with van der Waals surface area (Å²) in [6.45, 7) is 14.8. The zero-order valence-corrected chi connectivity index (χ0v) is 77.9. The molecule has 0 radical (unpaired) electrons. The number of carbonyl (C=O) groups is 7. The molecule has 0 aliphatic rings. The predicted octanol–water partition coefficient (Wildman–Crippen LogP) is 7.46. The van der Waals surface area contributed by atoms with Gasteiger partial charge in [-0.15, -0.1) is 0 Å². The number of alkyl carbamates (subject to hydrolysis) is 1. The maximum atomic E-state index is 14.0. The number of hydrogen-bond acceptors (Lipinski definition) is 35. The Morgan fingerprint density at radius 2 is 0.636 bits per heavy atom. The number of nitrogens with one attached hydrogen (secondary N) is 10. The molecule has 42 nitrogen and oxygen atoms in total. The van der Waals surface area contributed by atoms with Crippen molar-refractivity contribution in [1.29, 1.82) is 0 Å². The first-order chi connectivity index (χ1) is 63.9. The lowest BCUT2D eigenvalue weighted by Crippen LogP contribution is -2.58. The van der Waals surface area contributed by atoms with Crippen LogP contribution in [0.3, 0.4) is 0 Å². The lowest BCUT2D eigenvalue weighted by atomic mass is 10.0. The van der Waals surface area contributed by atoms with E-state index in [0.29, 0.717) is 44.8 Å². The van der Waals surface area contributed by atoms with Gasteiger partial charge in [-0.25, -0.2) is 4.79 Å². The summed E-state index contributed by atoms with van der Waals surface area (Å²) in [6, 6.07) is 16.0. The Morgan fingerprint density at radius 1 is 0.356 bits per heavy atom. The van der Waals surface area contributed by atoms with Gasteiger partial charge >= 0.3 is 24.0 Å². The zero-order chi connectivity index (χ0) is 96.2. The number of rotatable bonds is 81. The normalized spacial score (nSPS) is 12.3. The van der Waals surface area contributed by atoms with E-state index in [1.54, 1.807) is 30.3 Å². The molecule has 0 aromatic heterocycles. The molecule has 742 valence electrons. The van der Waals surface area contributed by atoms with Gasteiger partial charge in [-0.2, -0.15) is 0 Å². The quantitative estimate of drug-likeness (QED) is 0.00670. The molecule has 132 heavy (non-hydrogen) atoms. The number of nitrogens with two attached hydrogens (primary N) is 3. The SMILES string of the molecule is COc1cc(C(C)OC(=O)CCOCC(COCCC(=O)OC(C)c2cc(OC)c(OCCCC(=O)NCCCNCCCCNCCCN)cc2[N+](=O)[O-])(COCCC(=O)OC(C)c2cc(OC)c(OCCCC(=O)NCCCNCCCCNCCCN)cc2[N+](=O)[O-])NC(=O)OCc2ccccc2)c([N+](=O)[O-])cc1OCCCC(=O)NCCCNCCCCNCCCN. The summed E-state index contributed by atoms with van der Waals surface area (Å²) in [6.07, 6.45) is 6.19. The van der Waals surface area contributed by atoms with Crippen LogP contribution in [0.5, 0.6) is 34.5 Å². The van der Waals surface area contributed by atoms with E-state index in [1.807, 2.05) is 0 Å². The Morgan fingerprint density at radius 3 is 0.909 bits per heavy atom. The summed E-state index contributed by atoms with van der Waals surface area (Å²) in [4.78, 5) is 129. The smallest absolute Gasteiger partial charge is 0.408 e. The average molecular weight is 1870 g/mol. The largest absolute Gasteiger partial charge is 0.493 e. The maximum absolute atomic E-state index is 14.0. The van der Waals surface area contributed by atoms with Gasteiger partial charge in [0, 0.05) is 38.9 Å². The van der Waals surface area contributed by atoms with Gasteiger partial charge in [-0.1, -0.05) is 30.3 Å². The van der Waals surface area contributed by atoms with Gasteiger partial charge in [0.2, 0.25) is 17.7 Å². The second kappa shape index (κ2) is 70.2. The number of benzene rings is 4. The Bertz CT molecular complexity index is 3650. The lowest BCUT2D eigenvalue weighted by Gasteiger charge is -2.33. The second-order valence-electron chi connectivity index (χ2n) is 31.2. The first-order valence-corrected chi connectivity index (χ1v) is 45.8. The summed E-state index contributed by atoms with van der Waals surface area (Å²) >= 11 is 0. The molecule has 0 aliphatic carbocycles. The van der Waals surface area contributed by atoms with Crippen LogP contribution in [0.15, 0.2) is 66.7 Å². The molecule has 0 saturated heterocycles. The minimum atomic E-state index is -1.82. The van der Waals surface area contributed by atoms with Crippen LogP contribution in [0.1, 0.15) is 196 Å². The van der Waals surface area contributed by atoms with Crippen LogP contribution in [0, 0.1) is 30.3 Å². The molecule has 0 saturated carbocycles. The topological polar surface area (TPSA) is 567 Å². The van der Waals surface area contributed by atoms with Gasteiger partial charge in [0.1, 0.15) is 30.5 Å². The van der Waals surface area contributed by atoms with E-state index in [0.717, 1.165) is 174 Å². The van der Waals surface area contributed by atoms with Crippen molar-refractivity contribution < 1.29 is 110 Å². The van der Waals surface area contributed by atoms with Crippen LogP contribution in [0.2, 0.25) is 0 Å². The molecule has 4 aromatic rings. The van der Waals surface area contributed by atoms with Crippen molar-refractivity contribution in [2.75, 3.05) is 199 Å². The number of hydrogen-bond donors (Lipinski definition) is 13. The summed E-state index contributed by atoms with van der Waals surface area (Å²) < 4.78 is 75.4. The van der Waals surface area contributed by atoms with Crippen molar-refractivity contribution in [2.45, 2.75) is 186 Å². The van der Waals surface area contributed by atoms with E-state index in [2.05, 4.69) is 53.2 Å². The van der Waals surface area contributed by atoms with E-state index in [4.69, 9.17) is 78.8 Å². The van der Waals surface area contributed by atoms with Crippen LogP contribution < -0.4 is 98.8 Å². The number of esters is 3. The molecular formula is C90H146N16O26. The Kier molecular flexibility index (Phi) is 60.6. The Hall–Kier alpha value is -10.5. The maximum Gasteiger partial charge on any atom is 0.408 e. The number of amides is 4. The first-order valence-electron chi connectivity index (χ1n) is 45.8. The molecular weight excluding hydrogens is 1720 g/mol. The third-order valence-corrected chi connectivity index (χ3v) is 20.4. The zero-order valence-electron chi connectivity index (χ0n) is 77.9. The van der Waals surface area contributed by atoms with Gasteiger partial charge in [0.05, 0.1) is 150 Å². The molecule has 0 heterocycles. The number of nitro benzene ring substituents is 3. The van der Waals surface area contributed by atoms with Crippen molar-refractivity contribution >= 4 is 58.8 Å². The molecule has 3 unspecified atom stereocenters. The van der Waals surface area contributed by atoms with Gasteiger partial charge in [-0.3, -0.25) is 59.1 Å². The highest BCUT2D eigenvalue weighted by Gasteiger charge is 2.37. The summed E-state index contributed by atoms with van der Waals surface area (Å²) in [5.41, 5.74) is 13.8. The number of unbranched alkanes of at least 4 members (excludes halogenated alkanes) is 3. The third kappa shape index (κ3) is 49.3. The van der Waals surface area contributed by atoms with Crippen LogP contribution in [0.4, 0.5) is 21.9 Å². The van der Waals surface area contributed by atoms with Gasteiger partial charge in [0.15, 0.2) is 34.5 Å². The number of nitrogens with zero attached hydrogens (tertiary/aromatic N) is 3. The minimum absolute atomic E-state index is 0.00652. The van der Waals surface area contributed by atoms with Gasteiger partial charge in [0.25, 0.3) is 17.1 Å². The molecule has 4 aromatic carbocycles. The number of carbonyl (C=O) groups excluding carboxylic acids is 7. The molecule has 0 bridgehead atoms. The molecule has 3 atom stereocenters. The summed E-state index contributed by atoms with van der Waals surface area (Å²) in [5, 5.41) is 69.4. The molecule has 4 amide bonds. The average Bonchev–Trinajstić information content (AvgIpc) is 0.809. The lowest BCUT2D eigenvalue weighted by molar-refractivity contribution is -0.386. The number of nitro groups is 3. The van der Waals surface area contributed by atoms with Crippen LogP contribution in [-0.4, -0.2) is 261 Å². The van der Waals surface area contributed by atoms with Crippen molar-refractivity contribution in [3.63, 3.8) is 0 Å². The highest BCUT2D eigenvalue weighted by Crippen LogP contribution is 2.42. The standard InChI is InChI=1S/C90H146N16O26/c1-67(71-57-77(120-4)80(60-74(71)104(114)115)126-51-16-27-83(107)100-48-22-45-97-39-13-10-36-94-42-19-33-91)130-86(110)30-54-123-64-90(103-89(113)129-63-70-25-8-7-9-26-70,65-124-55-31-87(111)131-68(2)72-58-78(121-5)81(61-75(72)105(116)117)127-52-17-28-84(108)101-49-23-46-98-40-14-11-37-95-43-20-34-92)66-125-56-32-88(112)132-69(3)73-59-79(122-6)82(62-76(73)106(118)119)128-53-18-29-85(109)102-50-24-47-99-41-15-12-38-96-44-21-35-93/h7-9,25-26,57-62,67-69,94-99H,10-24,27-56,63-66,91-93H2,1-6H3,(H,100,107)(H,101,108)(H,102,109)(H,103,113). The van der Waals surface area contributed by atoms with Crippen molar-refractivity contribution in [2.24, 2.45) is 17.2 Å².